The first-order valence-electron chi connectivity index (χ1n) is 7.88. The Kier molecular flexibility index (Phi) is 4.31. The van der Waals surface area contributed by atoms with Gasteiger partial charge in [-0.1, -0.05) is 29.8 Å². The van der Waals surface area contributed by atoms with Gasteiger partial charge in [0.05, 0.1) is 0 Å². The summed E-state index contributed by atoms with van der Waals surface area (Å²) in [7, 11) is 0. The molecule has 0 unspecified atom stereocenters. The van der Waals surface area contributed by atoms with Gasteiger partial charge in [0.2, 0.25) is 5.78 Å². The maximum atomic E-state index is 12.4. The molecular weight excluding hydrogens is 320 g/mol. The summed E-state index contributed by atoms with van der Waals surface area (Å²) in [4.78, 5) is 32.9. The third-order valence-electron chi connectivity index (χ3n) is 3.79. The van der Waals surface area contributed by atoms with Crippen LogP contribution in [0.25, 0.3) is 5.78 Å². The predicted molar refractivity (Wildman–Crippen MR) is 90.6 cm³/mol. The third kappa shape index (κ3) is 3.40. The highest BCUT2D eigenvalue weighted by molar-refractivity contribution is 6.01. The minimum Gasteiger partial charge on any atom is -0.448 e. The van der Waals surface area contributed by atoms with E-state index in [1.165, 1.54) is 11.4 Å². The molecule has 0 bridgehead atoms. The highest BCUT2D eigenvalue weighted by Crippen LogP contribution is 2.11. The van der Waals surface area contributed by atoms with Gasteiger partial charge in [0.15, 0.2) is 6.10 Å². The number of aromatic nitrogens is 4. The van der Waals surface area contributed by atoms with Crippen LogP contribution in [0.4, 0.5) is 0 Å². The molecule has 0 saturated heterocycles. The van der Waals surface area contributed by atoms with Crippen LogP contribution in [0.2, 0.25) is 0 Å². The van der Waals surface area contributed by atoms with E-state index >= 15 is 0 Å². The second-order valence-corrected chi connectivity index (χ2v) is 5.96. The Morgan fingerprint density at radius 1 is 1.08 bits per heavy atom. The van der Waals surface area contributed by atoms with E-state index in [1.807, 2.05) is 39.0 Å². The molecule has 0 N–H and O–H groups in total. The lowest BCUT2D eigenvalue weighted by Gasteiger charge is -2.11. The zero-order chi connectivity index (χ0) is 18.1. The third-order valence-corrected chi connectivity index (χ3v) is 3.79. The van der Waals surface area contributed by atoms with Crippen LogP contribution < -0.4 is 0 Å². The fourth-order valence-electron chi connectivity index (χ4n) is 2.47. The van der Waals surface area contributed by atoms with Gasteiger partial charge < -0.3 is 4.74 Å². The second-order valence-electron chi connectivity index (χ2n) is 5.96. The zero-order valence-electron chi connectivity index (χ0n) is 14.5. The Morgan fingerprint density at radius 2 is 1.76 bits per heavy atom. The number of nitrogens with zero attached hydrogens (tertiary/aromatic N) is 4. The number of carbonyl (C=O) groups excluding carboxylic acids is 2. The Morgan fingerprint density at radius 3 is 2.44 bits per heavy atom. The zero-order valence-corrected chi connectivity index (χ0v) is 14.5. The van der Waals surface area contributed by atoms with Gasteiger partial charge in [0, 0.05) is 17.0 Å². The lowest BCUT2D eigenvalue weighted by atomic mass is 10.1. The molecule has 0 aliphatic rings. The highest BCUT2D eigenvalue weighted by Gasteiger charge is 2.23. The molecule has 128 valence electrons. The van der Waals surface area contributed by atoms with Crippen LogP contribution in [-0.2, 0) is 4.74 Å². The van der Waals surface area contributed by atoms with Crippen molar-refractivity contribution in [2.75, 3.05) is 0 Å². The number of aryl methyl sites for hydroxylation is 3. The van der Waals surface area contributed by atoms with Gasteiger partial charge >= 0.3 is 5.97 Å². The van der Waals surface area contributed by atoms with Gasteiger partial charge in [-0.3, -0.25) is 4.79 Å². The summed E-state index contributed by atoms with van der Waals surface area (Å²) in [6.45, 7) is 7.14. The van der Waals surface area contributed by atoms with Crippen molar-refractivity contribution < 1.29 is 14.3 Å². The maximum absolute atomic E-state index is 12.4. The number of ether oxygens (including phenoxy) is 1. The fourth-order valence-corrected chi connectivity index (χ4v) is 2.47. The Hall–Kier alpha value is -3.09. The largest absolute Gasteiger partial charge is 0.448 e. The van der Waals surface area contributed by atoms with Gasteiger partial charge in [0.1, 0.15) is 0 Å². The number of hydrogen-bond acceptors (Lipinski definition) is 6. The molecule has 3 aromatic rings. The SMILES string of the molecule is Cc1ccc(C(=O)[C@H](C)OC(=O)c2nc3nc(C)cc(C)n3n2)cc1. The number of benzene rings is 1. The molecule has 2 heterocycles. The minimum absolute atomic E-state index is 0.121. The molecule has 0 radical (unpaired) electrons. The van der Waals surface area contributed by atoms with Crippen LogP contribution in [0.15, 0.2) is 30.3 Å². The summed E-state index contributed by atoms with van der Waals surface area (Å²) in [5.41, 5.74) is 3.12. The van der Waals surface area contributed by atoms with Crippen LogP contribution in [0.5, 0.6) is 0 Å². The van der Waals surface area contributed by atoms with E-state index in [4.69, 9.17) is 4.74 Å². The van der Waals surface area contributed by atoms with Crippen LogP contribution in [0, 0.1) is 20.8 Å². The van der Waals surface area contributed by atoms with Crippen molar-refractivity contribution in [2.24, 2.45) is 0 Å². The summed E-state index contributed by atoms with van der Waals surface area (Å²) in [6, 6.07) is 8.92. The number of fused-ring (bicyclic) bond motifs is 1. The van der Waals surface area contributed by atoms with Crippen molar-refractivity contribution in [1.82, 2.24) is 19.6 Å². The van der Waals surface area contributed by atoms with Crippen molar-refractivity contribution in [3.63, 3.8) is 0 Å². The standard InChI is InChI=1S/C18H18N4O3/c1-10-5-7-14(8-6-10)15(23)13(4)25-17(24)16-20-18-19-11(2)9-12(3)22(18)21-16/h5-9,13H,1-4H3/t13-/m0/s1. The van der Waals surface area contributed by atoms with E-state index in [0.717, 1.165) is 17.0 Å². The number of hydrogen-bond donors (Lipinski definition) is 0. The number of rotatable bonds is 4. The van der Waals surface area contributed by atoms with Gasteiger partial charge in [-0.2, -0.15) is 4.98 Å². The van der Waals surface area contributed by atoms with Crippen molar-refractivity contribution in [3.05, 3.63) is 58.7 Å². The summed E-state index contributed by atoms with van der Waals surface area (Å²) in [5.74, 6) is -0.829. The lowest BCUT2D eigenvalue weighted by molar-refractivity contribution is 0.0307. The van der Waals surface area contributed by atoms with Crippen LogP contribution >= 0.6 is 0 Å². The number of ketones is 1. The number of esters is 1. The Balaban J connectivity index is 1.78. The molecule has 0 fully saturated rings. The average Bonchev–Trinajstić information content (AvgIpc) is 2.99. The predicted octanol–water partition coefficient (Wildman–Crippen LogP) is 2.48. The molecule has 0 saturated carbocycles. The molecule has 0 aliphatic carbocycles. The second kappa shape index (κ2) is 6.43. The topological polar surface area (TPSA) is 86.5 Å². The number of Topliss-reactive ketones (excluding diaryl/α,β-unsaturated/α-hetero) is 1. The minimum atomic E-state index is -0.933. The van der Waals surface area contributed by atoms with E-state index in [-0.39, 0.29) is 11.6 Å². The van der Waals surface area contributed by atoms with Crippen LogP contribution in [0.3, 0.4) is 0 Å². The summed E-state index contributed by atoms with van der Waals surface area (Å²) >= 11 is 0. The molecule has 0 aliphatic heterocycles. The molecule has 7 nitrogen and oxygen atoms in total. The molecular formula is C18H18N4O3. The lowest BCUT2D eigenvalue weighted by Crippen LogP contribution is -2.25. The Bertz CT molecular complexity index is 960. The summed E-state index contributed by atoms with van der Waals surface area (Å²) < 4.78 is 6.70. The fraction of sp³-hybridized carbons (Fsp3) is 0.278. The van der Waals surface area contributed by atoms with E-state index in [1.54, 1.807) is 12.1 Å². The first-order chi connectivity index (χ1) is 11.8. The molecule has 1 aromatic carbocycles. The molecule has 0 amide bonds. The first-order valence-corrected chi connectivity index (χ1v) is 7.88. The molecule has 1 atom stereocenters. The highest BCUT2D eigenvalue weighted by atomic mass is 16.5. The first kappa shape index (κ1) is 16.8. The summed E-state index contributed by atoms with van der Waals surface area (Å²) in [5, 5.41) is 4.11. The van der Waals surface area contributed by atoms with Crippen LogP contribution in [0.1, 0.15) is 44.9 Å². The Labute approximate surface area is 144 Å². The smallest absolute Gasteiger partial charge is 0.379 e. The monoisotopic (exact) mass is 338 g/mol. The van der Waals surface area contributed by atoms with Gasteiger partial charge in [-0.15, -0.1) is 5.10 Å². The summed E-state index contributed by atoms with van der Waals surface area (Å²) in [6.07, 6.45) is -0.933. The van der Waals surface area contributed by atoms with Gasteiger partial charge in [-0.25, -0.2) is 14.3 Å². The quantitative estimate of drug-likeness (QED) is 0.536. The molecule has 0 spiro atoms. The molecule has 7 heteroatoms. The molecule has 3 rings (SSSR count). The van der Waals surface area contributed by atoms with E-state index in [0.29, 0.717) is 11.3 Å². The van der Waals surface area contributed by atoms with E-state index in [2.05, 4.69) is 15.1 Å². The van der Waals surface area contributed by atoms with Crippen molar-refractivity contribution >= 4 is 17.5 Å². The van der Waals surface area contributed by atoms with E-state index < -0.39 is 12.1 Å². The van der Waals surface area contributed by atoms with Crippen molar-refractivity contribution in [3.8, 4) is 0 Å². The van der Waals surface area contributed by atoms with Gasteiger partial charge in [-0.05, 0) is 33.8 Å². The maximum Gasteiger partial charge on any atom is 0.379 e. The van der Waals surface area contributed by atoms with Crippen molar-refractivity contribution in [1.29, 1.82) is 0 Å². The normalized spacial score (nSPS) is 12.2. The number of carbonyl (C=O) groups is 2. The van der Waals surface area contributed by atoms with Gasteiger partial charge in [0.25, 0.3) is 11.6 Å². The molecule has 25 heavy (non-hydrogen) atoms. The average molecular weight is 338 g/mol. The van der Waals surface area contributed by atoms with E-state index in [9.17, 15) is 9.59 Å². The van der Waals surface area contributed by atoms with Crippen LogP contribution in [-0.4, -0.2) is 37.4 Å². The van der Waals surface area contributed by atoms with Crippen molar-refractivity contribution in [2.45, 2.75) is 33.8 Å². The molecule has 2 aromatic heterocycles.